The second-order valence-electron chi connectivity index (χ2n) is 4.25. The first-order chi connectivity index (χ1) is 6.20. The predicted molar refractivity (Wildman–Crippen MR) is 53.4 cm³/mol. The van der Waals surface area contributed by atoms with Gasteiger partial charge in [0, 0.05) is 5.92 Å². The van der Waals surface area contributed by atoms with E-state index >= 15 is 0 Å². The van der Waals surface area contributed by atoms with Crippen molar-refractivity contribution in [2.75, 3.05) is 0 Å². The normalized spacial score (nSPS) is 34.1. The zero-order valence-electron chi connectivity index (χ0n) is 8.18. The zero-order chi connectivity index (χ0) is 9.42. The molecule has 1 fully saturated rings. The van der Waals surface area contributed by atoms with E-state index in [-0.39, 0.29) is 5.92 Å². The van der Waals surface area contributed by atoms with Crippen molar-refractivity contribution in [1.82, 2.24) is 0 Å². The van der Waals surface area contributed by atoms with Crippen LogP contribution < -0.4 is 0 Å². The first kappa shape index (κ1) is 8.74. The number of rotatable bonds is 0. The summed E-state index contributed by atoms with van der Waals surface area (Å²) in [7, 11) is 0. The average molecular weight is 176 g/mol. The maximum absolute atomic E-state index is 11.7. The van der Waals surface area contributed by atoms with Gasteiger partial charge in [0.1, 0.15) is 0 Å². The molecule has 0 aromatic heterocycles. The Morgan fingerprint density at radius 1 is 1.31 bits per heavy atom. The molecule has 70 valence electrons. The van der Waals surface area contributed by atoms with E-state index in [4.69, 9.17) is 0 Å². The average Bonchev–Trinajstić information content (AvgIpc) is 2.15. The number of carbonyl (C=O) groups excluding carboxylic acids is 1. The monoisotopic (exact) mass is 176 g/mol. The summed E-state index contributed by atoms with van der Waals surface area (Å²) < 4.78 is 0. The summed E-state index contributed by atoms with van der Waals surface area (Å²) in [5.41, 5.74) is 2.32. The minimum Gasteiger partial charge on any atom is -0.295 e. The lowest BCUT2D eigenvalue weighted by Gasteiger charge is -2.34. The predicted octanol–water partition coefficient (Wildman–Crippen LogP) is 2.88. The van der Waals surface area contributed by atoms with E-state index in [0.717, 1.165) is 12.0 Å². The van der Waals surface area contributed by atoms with E-state index in [1.807, 2.05) is 6.92 Å². The number of hydrogen-bond donors (Lipinski definition) is 0. The largest absolute Gasteiger partial charge is 0.295 e. The van der Waals surface area contributed by atoms with E-state index in [9.17, 15) is 4.79 Å². The summed E-state index contributed by atoms with van der Waals surface area (Å²) >= 11 is 0. The summed E-state index contributed by atoms with van der Waals surface area (Å²) in [6.07, 6.45) is 6.51. The molecule has 1 saturated carbocycles. The van der Waals surface area contributed by atoms with Gasteiger partial charge in [0.25, 0.3) is 0 Å². The summed E-state index contributed by atoms with van der Waals surface area (Å²) in [4.78, 5) is 11.7. The molecule has 2 unspecified atom stereocenters. The minimum absolute atomic E-state index is 0.268. The number of fused-ring (bicyclic) bond motifs is 1. The zero-order valence-corrected chi connectivity index (χ0v) is 8.18. The maximum atomic E-state index is 11.7. The molecule has 0 heterocycles. The Kier molecular flexibility index (Phi) is 2.10. The van der Waals surface area contributed by atoms with Crippen molar-refractivity contribution in [3.05, 3.63) is 23.8 Å². The fourth-order valence-corrected chi connectivity index (χ4v) is 2.59. The third-order valence-electron chi connectivity index (χ3n) is 3.44. The Balaban J connectivity index is 2.32. The Morgan fingerprint density at radius 2 is 1.92 bits per heavy atom. The van der Waals surface area contributed by atoms with Crippen LogP contribution in [0.25, 0.3) is 0 Å². The van der Waals surface area contributed by atoms with Crippen LogP contribution >= 0.6 is 0 Å². The molecule has 0 aliphatic heterocycles. The molecule has 0 bridgehead atoms. The molecule has 2 atom stereocenters. The summed E-state index contributed by atoms with van der Waals surface area (Å²) in [5, 5.41) is 0. The first-order valence-corrected chi connectivity index (χ1v) is 5.11. The van der Waals surface area contributed by atoms with Gasteiger partial charge in [-0.15, -0.1) is 0 Å². The van der Waals surface area contributed by atoms with Crippen LogP contribution in [0.3, 0.4) is 0 Å². The second kappa shape index (κ2) is 3.13. The lowest BCUT2D eigenvalue weighted by atomic mass is 9.69. The van der Waals surface area contributed by atoms with Gasteiger partial charge in [0.05, 0.1) is 0 Å². The van der Waals surface area contributed by atoms with E-state index in [1.165, 1.54) is 24.8 Å². The molecule has 2 aliphatic rings. The van der Waals surface area contributed by atoms with Crippen molar-refractivity contribution in [3.8, 4) is 0 Å². The van der Waals surface area contributed by atoms with Crippen molar-refractivity contribution in [3.63, 3.8) is 0 Å². The molecule has 0 aromatic carbocycles. The Labute approximate surface area is 79.5 Å². The molecule has 0 amide bonds. The van der Waals surface area contributed by atoms with Gasteiger partial charge in [-0.1, -0.05) is 19.4 Å². The van der Waals surface area contributed by atoms with Gasteiger partial charge >= 0.3 is 0 Å². The molecule has 0 saturated heterocycles. The molecule has 0 spiro atoms. The highest BCUT2D eigenvalue weighted by Gasteiger charge is 2.34. The molecular formula is C12H16O. The highest BCUT2D eigenvalue weighted by atomic mass is 16.1. The SMILES string of the molecule is C=C1C(C)=CC(=O)C2CCCCC12. The quantitative estimate of drug-likeness (QED) is 0.554. The van der Waals surface area contributed by atoms with Gasteiger partial charge in [0.2, 0.25) is 0 Å². The molecular weight excluding hydrogens is 160 g/mol. The fraction of sp³-hybridized carbons (Fsp3) is 0.583. The number of carbonyl (C=O) groups is 1. The number of allylic oxidation sites excluding steroid dienone is 3. The third-order valence-corrected chi connectivity index (χ3v) is 3.44. The Bertz CT molecular complexity index is 285. The van der Waals surface area contributed by atoms with Crippen LogP contribution in [0.4, 0.5) is 0 Å². The molecule has 13 heavy (non-hydrogen) atoms. The van der Waals surface area contributed by atoms with E-state index in [2.05, 4.69) is 6.58 Å². The van der Waals surface area contributed by atoms with Crippen LogP contribution in [0, 0.1) is 11.8 Å². The van der Waals surface area contributed by atoms with Gasteiger partial charge in [0.15, 0.2) is 5.78 Å². The Hall–Kier alpha value is -0.850. The Morgan fingerprint density at radius 3 is 2.62 bits per heavy atom. The van der Waals surface area contributed by atoms with Crippen LogP contribution in [0.1, 0.15) is 32.6 Å². The van der Waals surface area contributed by atoms with Crippen LogP contribution in [-0.2, 0) is 4.79 Å². The van der Waals surface area contributed by atoms with Crippen LogP contribution in [0.15, 0.2) is 23.8 Å². The molecule has 2 aliphatic carbocycles. The topological polar surface area (TPSA) is 17.1 Å². The molecule has 1 nitrogen and oxygen atoms in total. The second-order valence-corrected chi connectivity index (χ2v) is 4.25. The summed E-state index contributed by atoms with van der Waals surface area (Å²) in [6.45, 7) is 6.10. The molecule has 2 rings (SSSR count). The number of ketones is 1. The molecule has 0 aromatic rings. The fourth-order valence-electron chi connectivity index (χ4n) is 2.59. The first-order valence-electron chi connectivity index (χ1n) is 5.11. The lowest BCUT2D eigenvalue weighted by Crippen LogP contribution is -2.31. The van der Waals surface area contributed by atoms with Gasteiger partial charge in [-0.05, 0) is 42.9 Å². The smallest absolute Gasteiger partial charge is 0.159 e. The molecule has 1 heteroatoms. The van der Waals surface area contributed by atoms with Crippen LogP contribution in [0.2, 0.25) is 0 Å². The highest BCUT2D eigenvalue weighted by molar-refractivity contribution is 5.95. The third kappa shape index (κ3) is 1.37. The number of hydrogen-bond acceptors (Lipinski definition) is 1. The van der Waals surface area contributed by atoms with E-state index < -0.39 is 0 Å². The van der Waals surface area contributed by atoms with Crippen molar-refractivity contribution >= 4 is 5.78 Å². The van der Waals surface area contributed by atoms with Crippen LogP contribution in [-0.4, -0.2) is 5.78 Å². The lowest BCUT2D eigenvalue weighted by molar-refractivity contribution is -0.120. The standard InChI is InChI=1S/C12H16O/c1-8-7-12(13)11-6-4-3-5-10(11)9(8)2/h7,10-11H,2-6H2,1H3. The van der Waals surface area contributed by atoms with E-state index in [0.29, 0.717) is 11.7 Å². The van der Waals surface area contributed by atoms with E-state index in [1.54, 1.807) is 6.08 Å². The summed E-state index contributed by atoms with van der Waals surface area (Å²) in [5.74, 6) is 1.07. The van der Waals surface area contributed by atoms with Gasteiger partial charge in [-0.3, -0.25) is 4.79 Å². The highest BCUT2D eigenvalue weighted by Crippen LogP contribution is 2.40. The minimum atomic E-state index is 0.268. The van der Waals surface area contributed by atoms with Crippen molar-refractivity contribution in [1.29, 1.82) is 0 Å². The van der Waals surface area contributed by atoms with Crippen LogP contribution in [0.5, 0.6) is 0 Å². The van der Waals surface area contributed by atoms with Crippen molar-refractivity contribution in [2.24, 2.45) is 11.8 Å². The van der Waals surface area contributed by atoms with Crippen molar-refractivity contribution < 1.29 is 4.79 Å². The summed E-state index contributed by atoms with van der Waals surface area (Å²) in [6, 6.07) is 0. The van der Waals surface area contributed by atoms with Gasteiger partial charge in [-0.25, -0.2) is 0 Å². The van der Waals surface area contributed by atoms with Crippen molar-refractivity contribution in [2.45, 2.75) is 32.6 Å². The molecule has 0 radical (unpaired) electrons. The molecule has 0 N–H and O–H groups in total. The maximum Gasteiger partial charge on any atom is 0.159 e. The van der Waals surface area contributed by atoms with Gasteiger partial charge in [-0.2, -0.15) is 0 Å². The van der Waals surface area contributed by atoms with Gasteiger partial charge < -0.3 is 0 Å².